The van der Waals surface area contributed by atoms with Crippen LogP contribution in [0.25, 0.3) is 0 Å². The van der Waals surface area contributed by atoms with Crippen molar-refractivity contribution in [3.05, 3.63) is 47.8 Å². The van der Waals surface area contributed by atoms with Crippen molar-refractivity contribution in [2.24, 2.45) is 0 Å². The molecule has 24 heavy (non-hydrogen) atoms. The Bertz CT molecular complexity index is 696. The molecule has 1 N–H and O–H groups in total. The zero-order valence-corrected chi connectivity index (χ0v) is 13.9. The maximum absolute atomic E-state index is 13.2. The monoisotopic (exact) mass is 333 g/mol. The molecule has 128 valence electrons. The van der Waals surface area contributed by atoms with E-state index in [0.29, 0.717) is 23.6 Å². The predicted molar refractivity (Wildman–Crippen MR) is 89.4 cm³/mol. The second-order valence-corrected chi connectivity index (χ2v) is 5.11. The lowest BCUT2D eigenvalue weighted by atomic mass is 10.1. The van der Waals surface area contributed by atoms with Gasteiger partial charge in [0.15, 0.2) is 0 Å². The number of carbonyl (C=O) groups excluding carboxylic acids is 1. The fourth-order valence-corrected chi connectivity index (χ4v) is 2.25. The molecule has 0 radical (unpaired) electrons. The second-order valence-electron chi connectivity index (χ2n) is 5.11. The Morgan fingerprint density at radius 3 is 2.25 bits per heavy atom. The van der Waals surface area contributed by atoms with E-state index in [1.165, 1.54) is 25.3 Å². The van der Waals surface area contributed by atoms with Gasteiger partial charge in [0.05, 0.1) is 27.0 Å². The van der Waals surface area contributed by atoms with E-state index in [0.717, 1.165) is 5.56 Å². The lowest BCUT2D eigenvalue weighted by Crippen LogP contribution is -2.13. The van der Waals surface area contributed by atoms with Gasteiger partial charge in [0, 0.05) is 18.6 Å². The minimum absolute atomic E-state index is 0.193. The first-order chi connectivity index (χ1) is 11.5. The normalized spacial score (nSPS) is 10.2. The van der Waals surface area contributed by atoms with Gasteiger partial charge >= 0.3 is 0 Å². The Balaban J connectivity index is 2.01. The van der Waals surface area contributed by atoms with Crippen LogP contribution in [0.4, 0.5) is 10.1 Å². The molecule has 6 heteroatoms. The van der Waals surface area contributed by atoms with Crippen molar-refractivity contribution in [1.82, 2.24) is 0 Å². The molecule has 5 nitrogen and oxygen atoms in total. The summed E-state index contributed by atoms with van der Waals surface area (Å²) in [6.45, 7) is 0. The zero-order chi connectivity index (χ0) is 17.5. The van der Waals surface area contributed by atoms with Gasteiger partial charge in [-0.3, -0.25) is 4.79 Å². The first kappa shape index (κ1) is 17.6. The lowest BCUT2D eigenvalue weighted by molar-refractivity contribution is -0.116. The molecule has 1 amide bonds. The highest BCUT2D eigenvalue weighted by molar-refractivity contribution is 5.92. The summed E-state index contributed by atoms with van der Waals surface area (Å²) in [6.07, 6.45) is 0.778. The fourth-order valence-electron chi connectivity index (χ4n) is 2.25. The Morgan fingerprint density at radius 2 is 1.67 bits per heavy atom. The van der Waals surface area contributed by atoms with E-state index < -0.39 is 5.82 Å². The van der Waals surface area contributed by atoms with Gasteiger partial charge in [-0.15, -0.1) is 0 Å². The summed E-state index contributed by atoms with van der Waals surface area (Å²) < 4.78 is 28.6. The van der Waals surface area contributed by atoms with Crippen LogP contribution in [-0.2, 0) is 11.2 Å². The molecular weight excluding hydrogens is 313 g/mol. The van der Waals surface area contributed by atoms with Gasteiger partial charge in [-0.2, -0.15) is 0 Å². The van der Waals surface area contributed by atoms with Gasteiger partial charge in [0.25, 0.3) is 0 Å². The highest BCUT2D eigenvalue weighted by Crippen LogP contribution is 2.26. The summed E-state index contributed by atoms with van der Waals surface area (Å²) in [5.41, 5.74) is 1.36. The number of hydrogen-bond acceptors (Lipinski definition) is 4. The second kappa shape index (κ2) is 8.19. The van der Waals surface area contributed by atoms with E-state index in [1.807, 2.05) is 12.1 Å². The molecule has 0 bridgehead atoms. The predicted octanol–water partition coefficient (Wildman–Crippen LogP) is 3.42. The average Bonchev–Trinajstić information content (AvgIpc) is 2.61. The molecule has 0 unspecified atom stereocenters. The Labute approximate surface area is 140 Å². The first-order valence-electron chi connectivity index (χ1n) is 7.41. The van der Waals surface area contributed by atoms with Crippen LogP contribution in [0.15, 0.2) is 36.4 Å². The van der Waals surface area contributed by atoms with Crippen molar-refractivity contribution < 1.29 is 23.4 Å². The van der Waals surface area contributed by atoms with Crippen molar-refractivity contribution in [2.45, 2.75) is 12.8 Å². The van der Waals surface area contributed by atoms with E-state index in [4.69, 9.17) is 14.2 Å². The molecule has 0 fully saturated rings. The van der Waals surface area contributed by atoms with Crippen molar-refractivity contribution in [1.29, 1.82) is 0 Å². The van der Waals surface area contributed by atoms with Gasteiger partial charge in [-0.25, -0.2) is 4.39 Å². The van der Waals surface area contributed by atoms with E-state index in [9.17, 15) is 9.18 Å². The van der Waals surface area contributed by atoms with Crippen molar-refractivity contribution in [3.63, 3.8) is 0 Å². The summed E-state index contributed by atoms with van der Waals surface area (Å²) in [7, 11) is 4.57. The van der Waals surface area contributed by atoms with Crippen LogP contribution in [0, 0.1) is 5.82 Å². The van der Waals surface area contributed by atoms with Crippen LogP contribution in [-0.4, -0.2) is 27.2 Å². The number of rotatable bonds is 7. The van der Waals surface area contributed by atoms with Crippen molar-refractivity contribution in [3.8, 4) is 17.2 Å². The Morgan fingerprint density at radius 1 is 1.00 bits per heavy atom. The number of carbonyl (C=O) groups is 1. The number of nitrogens with one attached hydrogen (secondary N) is 1. The molecule has 0 heterocycles. The largest absolute Gasteiger partial charge is 0.497 e. The number of hydrogen-bond donors (Lipinski definition) is 1. The summed E-state index contributed by atoms with van der Waals surface area (Å²) >= 11 is 0. The number of anilines is 1. The maximum atomic E-state index is 13.2. The first-order valence-corrected chi connectivity index (χ1v) is 7.41. The van der Waals surface area contributed by atoms with Gasteiger partial charge in [0.1, 0.15) is 23.1 Å². The minimum Gasteiger partial charge on any atom is -0.497 e. The molecule has 2 rings (SSSR count). The van der Waals surface area contributed by atoms with Gasteiger partial charge < -0.3 is 19.5 Å². The third-order valence-electron chi connectivity index (χ3n) is 3.49. The van der Waals surface area contributed by atoms with Crippen molar-refractivity contribution in [2.75, 3.05) is 26.6 Å². The molecule has 0 saturated carbocycles. The number of aryl methyl sites for hydroxylation is 1. The standard InChI is InChI=1S/C18H20FNO4/c1-22-14-8-12(9-15(11-14)23-2)4-7-18(21)20-16-6-5-13(19)10-17(16)24-3/h5-6,8-11H,4,7H2,1-3H3,(H,20,21). The quantitative estimate of drug-likeness (QED) is 0.843. The molecule has 2 aromatic rings. The molecule has 0 aliphatic rings. The van der Waals surface area contributed by atoms with Crippen LogP contribution in [0.5, 0.6) is 17.2 Å². The molecule has 0 aromatic heterocycles. The van der Waals surface area contributed by atoms with E-state index in [1.54, 1.807) is 20.3 Å². The van der Waals surface area contributed by atoms with Crippen LogP contribution >= 0.6 is 0 Å². The number of halogens is 1. The lowest BCUT2D eigenvalue weighted by Gasteiger charge is -2.11. The summed E-state index contributed by atoms with van der Waals surface area (Å²) in [4.78, 5) is 12.1. The fraction of sp³-hybridized carbons (Fsp3) is 0.278. The third-order valence-corrected chi connectivity index (χ3v) is 3.49. The molecule has 0 atom stereocenters. The van der Waals surface area contributed by atoms with Crippen LogP contribution in [0.2, 0.25) is 0 Å². The third kappa shape index (κ3) is 4.62. The number of methoxy groups -OCH3 is 3. The SMILES string of the molecule is COc1cc(CCC(=O)Nc2ccc(F)cc2OC)cc(OC)c1. The smallest absolute Gasteiger partial charge is 0.224 e. The Kier molecular flexibility index (Phi) is 6.01. The van der Waals surface area contributed by atoms with Crippen LogP contribution < -0.4 is 19.5 Å². The minimum atomic E-state index is -0.423. The van der Waals surface area contributed by atoms with Gasteiger partial charge in [-0.05, 0) is 36.2 Å². The molecule has 2 aromatic carbocycles. The van der Waals surface area contributed by atoms with Crippen LogP contribution in [0.1, 0.15) is 12.0 Å². The van der Waals surface area contributed by atoms with Gasteiger partial charge in [-0.1, -0.05) is 0 Å². The van der Waals surface area contributed by atoms with E-state index >= 15 is 0 Å². The number of amides is 1. The summed E-state index contributed by atoms with van der Waals surface area (Å²) in [6, 6.07) is 9.45. The topological polar surface area (TPSA) is 56.8 Å². The van der Waals surface area contributed by atoms with E-state index in [2.05, 4.69) is 5.32 Å². The molecule has 0 spiro atoms. The highest BCUT2D eigenvalue weighted by Gasteiger charge is 2.10. The number of ether oxygens (including phenoxy) is 3. The average molecular weight is 333 g/mol. The summed E-state index contributed by atoms with van der Waals surface area (Å²) in [5, 5.41) is 2.72. The molecule has 0 aliphatic carbocycles. The highest BCUT2D eigenvalue weighted by atomic mass is 19.1. The van der Waals surface area contributed by atoms with Gasteiger partial charge in [0.2, 0.25) is 5.91 Å². The van der Waals surface area contributed by atoms with Crippen molar-refractivity contribution >= 4 is 11.6 Å². The Hall–Kier alpha value is -2.76. The maximum Gasteiger partial charge on any atom is 0.224 e. The molecule has 0 saturated heterocycles. The number of benzene rings is 2. The summed E-state index contributed by atoms with van der Waals surface area (Å²) in [5.74, 6) is 1.01. The van der Waals surface area contributed by atoms with Crippen LogP contribution in [0.3, 0.4) is 0 Å². The van der Waals surface area contributed by atoms with E-state index in [-0.39, 0.29) is 18.1 Å². The molecule has 0 aliphatic heterocycles. The zero-order valence-electron chi connectivity index (χ0n) is 13.9. The molecular formula is C18H20FNO4.